The first-order valence-electron chi connectivity index (χ1n) is 22.9. The number of para-hydroxylation sites is 2. The van der Waals surface area contributed by atoms with Crippen LogP contribution in [0.2, 0.25) is 0 Å². The van der Waals surface area contributed by atoms with Crippen molar-refractivity contribution in [2.45, 2.75) is 31.1 Å². The zero-order valence-electron chi connectivity index (χ0n) is 36.4. The standard InChI is InChI=1S/C61H40N4O2/c62-36-48-56-42-25-26-43(35-42)57(56)49(37-63)61(65(45-33-29-41(30-34-45)39-15-5-2-6-16-39)51-20-12-24-55-59(51)47-18-8-10-22-53(47)67-55)60(48)64(44-31-27-40(28-32-44)38-13-3-1-4-14-38)50-19-11-23-54-58(50)46-17-7-9-21-52(46)66-54/h1-24,27-34,42-43H,25-26,35H2. The molecule has 0 radical (unpaired) electrons. The van der Waals surface area contributed by atoms with Crippen molar-refractivity contribution in [1.29, 1.82) is 10.5 Å². The second kappa shape index (κ2) is 15.4. The Morgan fingerprint density at radius 2 is 0.761 bits per heavy atom. The molecule has 11 aromatic rings. The SMILES string of the molecule is N#Cc1c2c(c(C#N)c(N(c3ccc(-c4ccccc4)cc3)c3cccc4oc5ccccc5c34)c1N(c1ccc(-c3ccccc3)cc1)c1cccc3oc4ccccc4c13)C1CCC2C1. The second-order valence-corrected chi connectivity index (χ2v) is 17.7. The third kappa shape index (κ3) is 6.01. The Morgan fingerprint density at radius 3 is 1.18 bits per heavy atom. The summed E-state index contributed by atoms with van der Waals surface area (Å²) in [5.74, 6) is 0.338. The van der Waals surface area contributed by atoms with Gasteiger partial charge in [-0.05, 0) is 125 Å². The Labute approximate surface area is 387 Å². The van der Waals surface area contributed by atoms with Gasteiger partial charge < -0.3 is 18.6 Å². The molecule has 6 nitrogen and oxygen atoms in total. The van der Waals surface area contributed by atoms with Gasteiger partial charge in [0.2, 0.25) is 0 Å². The van der Waals surface area contributed by atoms with Crippen LogP contribution in [0, 0.1) is 22.7 Å². The van der Waals surface area contributed by atoms with Crippen molar-refractivity contribution in [2.24, 2.45) is 0 Å². The zero-order chi connectivity index (χ0) is 44.6. The van der Waals surface area contributed by atoms with E-state index in [1.165, 1.54) is 0 Å². The monoisotopic (exact) mass is 860 g/mol. The highest BCUT2D eigenvalue weighted by Gasteiger charge is 2.45. The Kier molecular flexibility index (Phi) is 8.88. The summed E-state index contributed by atoms with van der Waals surface area (Å²) < 4.78 is 13.2. The van der Waals surface area contributed by atoms with Crippen molar-refractivity contribution < 1.29 is 8.83 Å². The third-order valence-electron chi connectivity index (χ3n) is 14.2. The van der Waals surface area contributed by atoms with Gasteiger partial charge in [-0.3, -0.25) is 0 Å². The molecule has 6 heteroatoms. The van der Waals surface area contributed by atoms with Crippen LogP contribution >= 0.6 is 0 Å². The first-order chi connectivity index (χ1) is 33.2. The maximum absolute atomic E-state index is 11.9. The molecule has 2 aliphatic rings. The number of rotatable bonds is 8. The summed E-state index contributed by atoms with van der Waals surface area (Å²) in [6, 6.07) is 72.2. The van der Waals surface area contributed by atoms with Gasteiger partial charge in [0.05, 0.1) is 44.6 Å². The Hall–Kier alpha value is -8.84. The molecule has 0 spiro atoms. The Bertz CT molecular complexity index is 3570. The molecule has 1 fully saturated rings. The molecule has 67 heavy (non-hydrogen) atoms. The number of fused-ring (bicyclic) bond motifs is 11. The van der Waals surface area contributed by atoms with Crippen molar-refractivity contribution in [1.82, 2.24) is 0 Å². The largest absolute Gasteiger partial charge is 0.456 e. The second-order valence-electron chi connectivity index (χ2n) is 17.7. The van der Waals surface area contributed by atoms with Gasteiger partial charge in [0.1, 0.15) is 34.5 Å². The maximum Gasteiger partial charge on any atom is 0.137 e. The van der Waals surface area contributed by atoms with Crippen molar-refractivity contribution in [3.05, 3.63) is 216 Å². The normalized spacial score (nSPS) is 15.0. The molecular weight excluding hydrogens is 821 g/mol. The number of furan rings is 2. The summed E-state index contributed by atoms with van der Waals surface area (Å²) in [5, 5.41) is 27.6. The van der Waals surface area contributed by atoms with Crippen molar-refractivity contribution >= 4 is 78.0 Å². The number of hydrogen-bond donors (Lipinski definition) is 0. The summed E-state index contributed by atoms with van der Waals surface area (Å²) in [6.07, 6.45) is 2.88. The minimum Gasteiger partial charge on any atom is -0.456 e. The topological polar surface area (TPSA) is 80.3 Å². The van der Waals surface area contributed by atoms with E-state index in [1.54, 1.807) is 0 Å². The number of nitrogens with zero attached hydrogens (tertiary/aromatic N) is 4. The van der Waals surface area contributed by atoms with E-state index in [1.807, 2.05) is 72.8 Å². The lowest BCUT2D eigenvalue weighted by Gasteiger charge is -2.37. The van der Waals surface area contributed by atoms with Gasteiger partial charge in [0.25, 0.3) is 0 Å². The molecule has 2 bridgehead atoms. The van der Waals surface area contributed by atoms with E-state index in [2.05, 4.69) is 143 Å². The van der Waals surface area contributed by atoms with E-state index in [-0.39, 0.29) is 11.8 Å². The first-order valence-corrected chi connectivity index (χ1v) is 22.9. The summed E-state index contributed by atoms with van der Waals surface area (Å²) in [5.41, 5.74) is 15.2. The molecule has 2 aliphatic carbocycles. The molecule has 9 aromatic carbocycles. The van der Waals surface area contributed by atoms with Crippen LogP contribution in [0.3, 0.4) is 0 Å². The van der Waals surface area contributed by atoms with E-state index in [0.29, 0.717) is 22.5 Å². The highest BCUT2D eigenvalue weighted by atomic mass is 16.3. The molecule has 2 heterocycles. The summed E-state index contributed by atoms with van der Waals surface area (Å²) in [4.78, 5) is 4.47. The molecule has 2 unspecified atom stereocenters. The number of benzene rings is 9. The minimum absolute atomic E-state index is 0.169. The van der Waals surface area contributed by atoms with Crippen LogP contribution in [-0.2, 0) is 0 Å². The van der Waals surface area contributed by atoms with Crippen LogP contribution in [0.5, 0.6) is 0 Å². The summed E-state index contributed by atoms with van der Waals surface area (Å²) in [6.45, 7) is 0. The molecule has 0 N–H and O–H groups in total. The van der Waals surface area contributed by atoms with Crippen molar-refractivity contribution in [3.8, 4) is 34.4 Å². The van der Waals surface area contributed by atoms with Gasteiger partial charge in [-0.2, -0.15) is 10.5 Å². The van der Waals surface area contributed by atoms with Gasteiger partial charge in [0, 0.05) is 22.1 Å². The van der Waals surface area contributed by atoms with Crippen LogP contribution < -0.4 is 9.80 Å². The fourth-order valence-electron chi connectivity index (χ4n) is 11.3. The summed E-state index contributed by atoms with van der Waals surface area (Å²) in [7, 11) is 0. The van der Waals surface area contributed by atoms with E-state index in [0.717, 1.165) is 119 Å². The van der Waals surface area contributed by atoms with Crippen LogP contribution in [0.25, 0.3) is 66.1 Å². The zero-order valence-corrected chi connectivity index (χ0v) is 36.4. The average molecular weight is 861 g/mol. The molecule has 0 saturated heterocycles. The van der Waals surface area contributed by atoms with E-state index >= 15 is 0 Å². The lowest BCUT2D eigenvalue weighted by Crippen LogP contribution is -2.22. The van der Waals surface area contributed by atoms with Crippen molar-refractivity contribution in [2.75, 3.05) is 9.80 Å². The molecule has 0 amide bonds. The highest BCUT2D eigenvalue weighted by Crippen LogP contribution is 2.62. The smallest absolute Gasteiger partial charge is 0.137 e. The Morgan fingerprint density at radius 1 is 0.388 bits per heavy atom. The van der Waals surface area contributed by atoms with Gasteiger partial charge >= 0.3 is 0 Å². The quantitative estimate of drug-likeness (QED) is 0.151. The third-order valence-corrected chi connectivity index (χ3v) is 14.2. The van der Waals surface area contributed by atoms with Crippen LogP contribution in [0.15, 0.2) is 203 Å². The lowest BCUT2D eigenvalue weighted by molar-refractivity contribution is 0.668. The van der Waals surface area contributed by atoms with E-state index in [4.69, 9.17) is 8.83 Å². The number of hydrogen-bond acceptors (Lipinski definition) is 6. The number of nitriles is 2. The first kappa shape index (κ1) is 38.6. The van der Waals surface area contributed by atoms with Crippen molar-refractivity contribution in [3.63, 3.8) is 0 Å². The molecule has 316 valence electrons. The molecule has 2 aromatic heterocycles. The fraction of sp³-hybridized carbons (Fsp3) is 0.0820. The molecule has 13 rings (SSSR count). The highest BCUT2D eigenvalue weighted by molar-refractivity contribution is 6.17. The molecular formula is C61H40N4O2. The Balaban J connectivity index is 1.18. The minimum atomic E-state index is 0.169. The molecule has 2 atom stereocenters. The van der Waals surface area contributed by atoms with Gasteiger partial charge in [-0.25, -0.2) is 0 Å². The van der Waals surface area contributed by atoms with Crippen LogP contribution in [0.4, 0.5) is 34.1 Å². The maximum atomic E-state index is 11.9. The predicted molar refractivity (Wildman–Crippen MR) is 270 cm³/mol. The van der Waals surface area contributed by atoms with Gasteiger partial charge in [-0.15, -0.1) is 0 Å². The summed E-state index contributed by atoms with van der Waals surface area (Å²) >= 11 is 0. The van der Waals surface area contributed by atoms with E-state index < -0.39 is 0 Å². The predicted octanol–water partition coefficient (Wildman–Crippen LogP) is 16.9. The van der Waals surface area contributed by atoms with Crippen LogP contribution in [-0.4, -0.2) is 0 Å². The van der Waals surface area contributed by atoms with Gasteiger partial charge in [-0.1, -0.05) is 133 Å². The van der Waals surface area contributed by atoms with E-state index in [9.17, 15) is 10.5 Å². The fourth-order valence-corrected chi connectivity index (χ4v) is 11.3. The number of anilines is 6. The van der Waals surface area contributed by atoms with Gasteiger partial charge in [0.15, 0.2) is 0 Å². The lowest BCUT2D eigenvalue weighted by atomic mass is 9.82. The average Bonchev–Trinajstić information content (AvgIpc) is 4.20. The molecule has 1 saturated carbocycles. The van der Waals surface area contributed by atoms with Crippen LogP contribution in [0.1, 0.15) is 53.4 Å². The molecule has 0 aliphatic heterocycles.